The summed E-state index contributed by atoms with van der Waals surface area (Å²) in [6.07, 6.45) is 0.516. The molecule has 0 fully saturated rings. The minimum atomic E-state index is -0.642. The topological polar surface area (TPSA) is 108 Å². The number of halogens is 1. The summed E-state index contributed by atoms with van der Waals surface area (Å²) >= 11 is 3.34. The molecule has 8 nitrogen and oxygen atoms in total. The van der Waals surface area contributed by atoms with E-state index in [0.717, 1.165) is 4.47 Å². The van der Waals surface area contributed by atoms with Crippen LogP contribution < -0.4 is 10.1 Å². The average molecular weight is 451 g/mol. The molecule has 1 amide bonds. The fraction of sp³-hybridized carbons (Fsp3) is 0.263. The molecule has 0 saturated carbocycles. The van der Waals surface area contributed by atoms with E-state index in [9.17, 15) is 19.7 Å². The summed E-state index contributed by atoms with van der Waals surface area (Å²) in [5.41, 5.74) is 0.416. The van der Waals surface area contributed by atoms with Gasteiger partial charge < -0.3 is 14.8 Å². The highest BCUT2D eigenvalue weighted by Crippen LogP contribution is 2.27. The Morgan fingerprint density at radius 1 is 1.21 bits per heavy atom. The van der Waals surface area contributed by atoms with Crippen LogP contribution in [0.1, 0.15) is 18.4 Å². The summed E-state index contributed by atoms with van der Waals surface area (Å²) in [6, 6.07) is 11.8. The second kappa shape index (κ2) is 10.4. The summed E-state index contributed by atoms with van der Waals surface area (Å²) in [5.74, 6) is -0.509. The lowest BCUT2D eigenvalue weighted by Gasteiger charge is -2.09. The van der Waals surface area contributed by atoms with Crippen LogP contribution in [0.4, 0.5) is 11.4 Å². The van der Waals surface area contributed by atoms with Crippen LogP contribution in [0.25, 0.3) is 0 Å². The van der Waals surface area contributed by atoms with Crippen LogP contribution in [0.2, 0.25) is 0 Å². The number of nitrogens with one attached hydrogen (secondary N) is 1. The number of nitro groups is 1. The van der Waals surface area contributed by atoms with Gasteiger partial charge in [-0.05, 0) is 37.1 Å². The first-order valence-corrected chi connectivity index (χ1v) is 9.24. The molecule has 2 aromatic rings. The molecule has 0 heterocycles. The van der Waals surface area contributed by atoms with Crippen molar-refractivity contribution < 1.29 is 24.0 Å². The maximum Gasteiger partial charge on any atom is 0.306 e. The number of aryl methyl sites for hydroxylation is 1. The number of nitro benzene ring substituents is 1. The van der Waals surface area contributed by atoms with E-state index in [1.54, 1.807) is 19.1 Å². The zero-order valence-corrected chi connectivity index (χ0v) is 16.7. The van der Waals surface area contributed by atoms with E-state index < -0.39 is 23.4 Å². The van der Waals surface area contributed by atoms with Crippen molar-refractivity contribution in [1.82, 2.24) is 0 Å². The standard InChI is InChI=1S/C19H19BrN2O6/c1-13-5-2-8-16(22(25)26)19(13)21-17(23)12-28-18(24)9-4-10-27-15-7-3-6-14(20)11-15/h2-3,5-8,11H,4,9-10,12H2,1H3,(H,21,23). The molecule has 0 aliphatic rings. The molecule has 2 aromatic carbocycles. The van der Waals surface area contributed by atoms with Gasteiger partial charge in [-0.1, -0.05) is 34.1 Å². The van der Waals surface area contributed by atoms with Gasteiger partial charge in [-0.3, -0.25) is 19.7 Å². The van der Waals surface area contributed by atoms with Gasteiger partial charge in [0.05, 0.1) is 11.5 Å². The first-order valence-electron chi connectivity index (χ1n) is 8.44. The van der Waals surface area contributed by atoms with Gasteiger partial charge in [-0.2, -0.15) is 0 Å². The van der Waals surface area contributed by atoms with Crippen LogP contribution in [-0.2, 0) is 14.3 Å². The molecular weight excluding hydrogens is 432 g/mol. The number of nitrogens with zero attached hydrogens (tertiary/aromatic N) is 1. The number of carbonyl (C=O) groups excluding carboxylic acids is 2. The Bertz CT molecular complexity index is 871. The average Bonchev–Trinajstić information content (AvgIpc) is 2.65. The number of esters is 1. The number of hydrogen-bond acceptors (Lipinski definition) is 6. The largest absolute Gasteiger partial charge is 0.494 e. The molecule has 0 saturated heterocycles. The number of amides is 1. The lowest BCUT2D eigenvalue weighted by Crippen LogP contribution is -2.22. The molecule has 148 valence electrons. The van der Waals surface area contributed by atoms with Crippen molar-refractivity contribution >= 4 is 39.2 Å². The zero-order valence-electron chi connectivity index (χ0n) is 15.1. The molecular formula is C19H19BrN2O6. The molecule has 0 aliphatic heterocycles. The Hall–Kier alpha value is -2.94. The van der Waals surface area contributed by atoms with Crippen molar-refractivity contribution in [2.75, 3.05) is 18.5 Å². The third kappa shape index (κ3) is 6.66. The molecule has 0 bridgehead atoms. The lowest BCUT2D eigenvalue weighted by atomic mass is 10.1. The third-order valence-corrected chi connectivity index (χ3v) is 4.16. The van der Waals surface area contributed by atoms with Crippen molar-refractivity contribution in [2.45, 2.75) is 19.8 Å². The molecule has 2 rings (SSSR count). The number of hydrogen-bond donors (Lipinski definition) is 1. The zero-order chi connectivity index (χ0) is 20.5. The highest BCUT2D eigenvalue weighted by atomic mass is 79.9. The summed E-state index contributed by atoms with van der Waals surface area (Å²) < 4.78 is 11.3. The van der Waals surface area contributed by atoms with Gasteiger partial charge in [0.2, 0.25) is 0 Å². The molecule has 0 radical (unpaired) electrons. The Kier molecular flexibility index (Phi) is 7.94. The van der Waals surface area contributed by atoms with Crippen LogP contribution in [-0.4, -0.2) is 30.0 Å². The van der Waals surface area contributed by atoms with E-state index in [0.29, 0.717) is 24.3 Å². The minimum absolute atomic E-state index is 0.0891. The summed E-state index contributed by atoms with van der Waals surface area (Å²) in [4.78, 5) is 34.1. The Balaban J connectivity index is 1.73. The van der Waals surface area contributed by atoms with Crippen LogP contribution in [0, 0.1) is 17.0 Å². The third-order valence-electron chi connectivity index (χ3n) is 3.67. The molecule has 0 aromatic heterocycles. The predicted molar refractivity (Wildman–Crippen MR) is 106 cm³/mol. The highest BCUT2D eigenvalue weighted by Gasteiger charge is 2.18. The smallest absolute Gasteiger partial charge is 0.306 e. The van der Waals surface area contributed by atoms with E-state index in [1.807, 2.05) is 18.2 Å². The van der Waals surface area contributed by atoms with Gasteiger partial charge >= 0.3 is 5.97 Å². The van der Waals surface area contributed by atoms with Gasteiger partial charge in [0.25, 0.3) is 11.6 Å². The predicted octanol–water partition coefficient (Wildman–Crippen LogP) is 4.01. The fourth-order valence-corrected chi connectivity index (χ4v) is 2.70. The van der Waals surface area contributed by atoms with Crippen LogP contribution >= 0.6 is 15.9 Å². The Morgan fingerprint density at radius 2 is 1.96 bits per heavy atom. The highest BCUT2D eigenvalue weighted by molar-refractivity contribution is 9.10. The van der Waals surface area contributed by atoms with Gasteiger partial charge in [-0.25, -0.2) is 0 Å². The van der Waals surface area contributed by atoms with Gasteiger partial charge in [0, 0.05) is 17.0 Å². The monoisotopic (exact) mass is 450 g/mol. The van der Waals surface area contributed by atoms with Crippen molar-refractivity contribution in [3.63, 3.8) is 0 Å². The summed E-state index contributed by atoms with van der Waals surface area (Å²) in [5, 5.41) is 13.5. The number of benzene rings is 2. The Labute approximate surface area is 170 Å². The van der Waals surface area contributed by atoms with Crippen molar-refractivity contribution in [1.29, 1.82) is 0 Å². The normalized spacial score (nSPS) is 10.2. The molecule has 0 unspecified atom stereocenters. The Morgan fingerprint density at radius 3 is 2.68 bits per heavy atom. The number of anilines is 1. The quantitative estimate of drug-likeness (QED) is 0.267. The minimum Gasteiger partial charge on any atom is -0.494 e. The fourth-order valence-electron chi connectivity index (χ4n) is 2.32. The van der Waals surface area contributed by atoms with Gasteiger partial charge in [0.1, 0.15) is 11.4 Å². The van der Waals surface area contributed by atoms with Crippen LogP contribution in [0.5, 0.6) is 5.75 Å². The first kappa shape index (κ1) is 21.4. The van der Waals surface area contributed by atoms with Crippen molar-refractivity contribution in [3.05, 3.63) is 62.6 Å². The van der Waals surface area contributed by atoms with E-state index in [-0.39, 0.29) is 17.8 Å². The second-order valence-electron chi connectivity index (χ2n) is 5.84. The number of carbonyl (C=O) groups is 2. The summed E-state index contributed by atoms with van der Waals surface area (Å²) in [6.45, 7) is 1.45. The van der Waals surface area contributed by atoms with E-state index in [4.69, 9.17) is 9.47 Å². The SMILES string of the molecule is Cc1cccc([N+](=O)[O-])c1NC(=O)COC(=O)CCCOc1cccc(Br)c1. The number of ether oxygens (including phenoxy) is 2. The van der Waals surface area contributed by atoms with E-state index in [1.165, 1.54) is 12.1 Å². The lowest BCUT2D eigenvalue weighted by molar-refractivity contribution is -0.384. The summed E-state index contributed by atoms with van der Waals surface area (Å²) in [7, 11) is 0. The molecule has 1 N–H and O–H groups in total. The molecule has 9 heteroatoms. The molecule has 0 spiro atoms. The van der Waals surface area contributed by atoms with E-state index in [2.05, 4.69) is 21.2 Å². The second-order valence-corrected chi connectivity index (χ2v) is 6.76. The van der Waals surface area contributed by atoms with Gasteiger partial charge in [-0.15, -0.1) is 0 Å². The number of para-hydroxylation sites is 1. The molecule has 28 heavy (non-hydrogen) atoms. The maximum absolute atomic E-state index is 12.0. The molecule has 0 atom stereocenters. The van der Waals surface area contributed by atoms with Crippen molar-refractivity contribution in [2.24, 2.45) is 0 Å². The van der Waals surface area contributed by atoms with Crippen LogP contribution in [0.15, 0.2) is 46.9 Å². The van der Waals surface area contributed by atoms with Crippen LogP contribution in [0.3, 0.4) is 0 Å². The molecule has 0 aliphatic carbocycles. The van der Waals surface area contributed by atoms with Gasteiger partial charge in [0.15, 0.2) is 6.61 Å². The number of rotatable bonds is 9. The van der Waals surface area contributed by atoms with Crippen molar-refractivity contribution in [3.8, 4) is 5.75 Å². The van der Waals surface area contributed by atoms with E-state index >= 15 is 0 Å². The first-order chi connectivity index (χ1) is 13.4. The maximum atomic E-state index is 12.0.